The fourth-order valence-electron chi connectivity index (χ4n) is 3.06. The zero-order valence-electron chi connectivity index (χ0n) is 17.8. The lowest BCUT2D eigenvalue weighted by molar-refractivity contribution is -0.139. The van der Waals surface area contributed by atoms with Crippen molar-refractivity contribution in [2.75, 3.05) is 5.75 Å². The third-order valence-corrected chi connectivity index (χ3v) is 6.54. The van der Waals surface area contributed by atoms with Gasteiger partial charge in [-0.1, -0.05) is 59.9 Å². The molecule has 0 spiro atoms. The molecule has 1 N–H and O–H groups in total. The maximum atomic E-state index is 13.2. The van der Waals surface area contributed by atoms with Gasteiger partial charge in [-0.3, -0.25) is 9.59 Å². The molecular formula is C23H27Cl3N2O2S. The minimum absolute atomic E-state index is 0.00179. The van der Waals surface area contributed by atoms with Crippen LogP contribution in [-0.4, -0.2) is 34.6 Å². The van der Waals surface area contributed by atoms with Crippen LogP contribution in [0.1, 0.15) is 38.3 Å². The molecule has 2 rings (SSSR count). The minimum atomic E-state index is -0.545. The molecule has 0 saturated heterocycles. The lowest BCUT2D eigenvalue weighted by Crippen LogP contribution is -2.50. The van der Waals surface area contributed by atoms with E-state index in [1.165, 1.54) is 11.8 Å². The molecule has 8 heteroatoms. The number of nitrogens with one attached hydrogen (secondary N) is 1. The SMILES string of the molecule is CC[C@@H](C(=O)NC(C)C)N(Cc1ccc(Cl)cc1)C(=O)CSCc1ccc(Cl)c(Cl)c1. The number of benzene rings is 2. The number of carbonyl (C=O) groups is 2. The lowest BCUT2D eigenvalue weighted by atomic mass is 10.1. The average Bonchev–Trinajstić information content (AvgIpc) is 2.71. The molecule has 31 heavy (non-hydrogen) atoms. The van der Waals surface area contributed by atoms with Crippen LogP contribution in [0.15, 0.2) is 42.5 Å². The standard InChI is InChI=1S/C23H27Cl3N2O2S/c1-4-21(23(30)27-15(2)3)28(12-16-5-8-18(24)9-6-16)22(29)14-31-13-17-7-10-19(25)20(26)11-17/h5-11,15,21H,4,12-14H2,1-3H3,(H,27,30)/t21-/m0/s1. The summed E-state index contributed by atoms with van der Waals surface area (Å²) >= 11 is 19.5. The smallest absolute Gasteiger partial charge is 0.243 e. The van der Waals surface area contributed by atoms with Crippen LogP contribution in [0.2, 0.25) is 15.1 Å². The molecule has 0 aliphatic carbocycles. The van der Waals surface area contributed by atoms with Gasteiger partial charge in [0, 0.05) is 23.4 Å². The Labute approximate surface area is 203 Å². The van der Waals surface area contributed by atoms with Gasteiger partial charge >= 0.3 is 0 Å². The zero-order valence-corrected chi connectivity index (χ0v) is 20.9. The van der Waals surface area contributed by atoms with Crippen molar-refractivity contribution < 1.29 is 9.59 Å². The Kier molecular flexibility index (Phi) is 10.5. The number of nitrogens with zero attached hydrogens (tertiary/aromatic N) is 1. The first-order valence-corrected chi connectivity index (χ1v) is 12.4. The van der Waals surface area contributed by atoms with Crippen molar-refractivity contribution in [1.82, 2.24) is 10.2 Å². The highest BCUT2D eigenvalue weighted by Crippen LogP contribution is 2.25. The van der Waals surface area contributed by atoms with Gasteiger partial charge in [0.15, 0.2) is 0 Å². The summed E-state index contributed by atoms with van der Waals surface area (Å²) in [6.45, 7) is 6.06. The average molecular weight is 502 g/mol. The Morgan fingerprint density at radius 2 is 1.65 bits per heavy atom. The third kappa shape index (κ3) is 8.23. The van der Waals surface area contributed by atoms with Gasteiger partial charge in [0.2, 0.25) is 11.8 Å². The summed E-state index contributed by atoms with van der Waals surface area (Å²) in [6, 6.07) is 12.2. The normalized spacial score (nSPS) is 12.0. The Bertz CT molecular complexity index is 891. The largest absolute Gasteiger partial charge is 0.352 e. The van der Waals surface area contributed by atoms with E-state index in [2.05, 4.69) is 5.32 Å². The Morgan fingerprint density at radius 3 is 2.23 bits per heavy atom. The van der Waals surface area contributed by atoms with E-state index in [0.29, 0.717) is 33.8 Å². The van der Waals surface area contributed by atoms with E-state index in [0.717, 1.165) is 11.1 Å². The first-order valence-electron chi connectivity index (χ1n) is 10.1. The van der Waals surface area contributed by atoms with Gasteiger partial charge in [-0.2, -0.15) is 0 Å². The Balaban J connectivity index is 2.12. The molecule has 0 radical (unpaired) electrons. The first-order chi connectivity index (χ1) is 14.7. The number of halogens is 3. The molecule has 0 aliphatic heterocycles. The van der Waals surface area contributed by atoms with E-state index in [4.69, 9.17) is 34.8 Å². The van der Waals surface area contributed by atoms with Crippen molar-refractivity contribution in [3.63, 3.8) is 0 Å². The Morgan fingerprint density at radius 1 is 1.00 bits per heavy atom. The van der Waals surface area contributed by atoms with Gasteiger partial charge in [-0.05, 0) is 55.7 Å². The molecule has 0 aromatic heterocycles. The van der Waals surface area contributed by atoms with E-state index >= 15 is 0 Å². The van der Waals surface area contributed by atoms with E-state index in [1.54, 1.807) is 29.2 Å². The highest BCUT2D eigenvalue weighted by atomic mass is 35.5. The third-order valence-electron chi connectivity index (χ3n) is 4.56. The van der Waals surface area contributed by atoms with Gasteiger partial charge in [-0.15, -0.1) is 11.8 Å². The number of thioether (sulfide) groups is 1. The van der Waals surface area contributed by atoms with E-state index in [-0.39, 0.29) is 23.6 Å². The summed E-state index contributed by atoms with van der Waals surface area (Å²) in [5.74, 6) is 0.631. The molecule has 2 aromatic carbocycles. The summed E-state index contributed by atoms with van der Waals surface area (Å²) in [5.41, 5.74) is 1.91. The predicted molar refractivity (Wildman–Crippen MR) is 132 cm³/mol. The quantitative estimate of drug-likeness (QED) is 0.421. The monoisotopic (exact) mass is 500 g/mol. The van der Waals surface area contributed by atoms with Crippen LogP contribution in [0.4, 0.5) is 0 Å². The highest BCUT2D eigenvalue weighted by molar-refractivity contribution is 7.99. The van der Waals surface area contributed by atoms with E-state index < -0.39 is 6.04 Å². The van der Waals surface area contributed by atoms with Crippen LogP contribution in [-0.2, 0) is 21.9 Å². The van der Waals surface area contributed by atoms with Crippen molar-refractivity contribution in [3.8, 4) is 0 Å². The highest BCUT2D eigenvalue weighted by Gasteiger charge is 2.28. The molecule has 2 aromatic rings. The number of hydrogen-bond acceptors (Lipinski definition) is 3. The van der Waals surface area contributed by atoms with Gasteiger partial charge < -0.3 is 10.2 Å². The fraction of sp³-hybridized carbons (Fsp3) is 0.391. The van der Waals surface area contributed by atoms with Gasteiger partial charge in [0.05, 0.1) is 15.8 Å². The van der Waals surface area contributed by atoms with Crippen molar-refractivity contribution in [3.05, 3.63) is 68.7 Å². The molecule has 168 valence electrons. The first kappa shape index (κ1) is 25.9. The minimum Gasteiger partial charge on any atom is -0.352 e. The molecule has 1 atom stereocenters. The van der Waals surface area contributed by atoms with Gasteiger partial charge in [0.1, 0.15) is 6.04 Å². The van der Waals surface area contributed by atoms with E-state index in [9.17, 15) is 9.59 Å². The fourth-order valence-corrected chi connectivity index (χ4v) is 4.36. The molecule has 0 unspecified atom stereocenters. The molecular weight excluding hydrogens is 475 g/mol. The van der Waals surface area contributed by atoms with Crippen LogP contribution in [0.25, 0.3) is 0 Å². The maximum Gasteiger partial charge on any atom is 0.243 e. The summed E-state index contributed by atoms with van der Waals surface area (Å²) < 4.78 is 0. The summed E-state index contributed by atoms with van der Waals surface area (Å²) in [6.07, 6.45) is 0.523. The van der Waals surface area contributed by atoms with Crippen molar-refractivity contribution in [2.24, 2.45) is 0 Å². The van der Waals surface area contributed by atoms with Crippen LogP contribution >= 0.6 is 46.6 Å². The number of amides is 2. The van der Waals surface area contributed by atoms with Crippen LogP contribution in [0, 0.1) is 0 Å². The number of hydrogen-bond donors (Lipinski definition) is 1. The van der Waals surface area contributed by atoms with E-state index in [1.807, 2.05) is 39.0 Å². The molecule has 0 aliphatic rings. The van der Waals surface area contributed by atoms with Crippen LogP contribution in [0.3, 0.4) is 0 Å². The van der Waals surface area contributed by atoms with Crippen molar-refractivity contribution in [1.29, 1.82) is 0 Å². The zero-order chi connectivity index (χ0) is 23.0. The number of carbonyl (C=O) groups excluding carboxylic acids is 2. The second-order valence-electron chi connectivity index (χ2n) is 7.48. The molecule has 2 amide bonds. The lowest BCUT2D eigenvalue weighted by Gasteiger charge is -2.31. The predicted octanol–water partition coefficient (Wildman–Crippen LogP) is 6.21. The van der Waals surface area contributed by atoms with Crippen LogP contribution < -0.4 is 5.32 Å². The maximum absolute atomic E-state index is 13.2. The second-order valence-corrected chi connectivity index (χ2v) is 9.71. The van der Waals surface area contributed by atoms with Gasteiger partial charge in [-0.25, -0.2) is 0 Å². The number of rotatable bonds is 10. The van der Waals surface area contributed by atoms with Gasteiger partial charge in [0.25, 0.3) is 0 Å². The van der Waals surface area contributed by atoms with Crippen molar-refractivity contribution in [2.45, 2.75) is 51.6 Å². The molecule has 0 fully saturated rings. The van der Waals surface area contributed by atoms with Crippen molar-refractivity contribution >= 4 is 58.4 Å². The summed E-state index contributed by atoms with van der Waals surface area (Å²) in [7, 11) is 0. The van der Waals surface area contributed by atoms with Crippen LogP contribution in [0.5, 0.6) is 0 Å². The topological polar surface area (TPSA) is 49.4 Å². The second kappa shape index (κ2) is 12.6. The summed E-state index contributed by atoms with van der Waals surface area (Å²) in [4.78, 5) is 27.6. The molecule has 0 saturated carbocycles. The Hall–Kier alpha value is -1.40. The molecule has 0 bridgehead atoms. The summed E-state index contributed by atoms with van der Waals surface area (Å²) in [5, 5.41) is 4.55. The molecule has 4 nitrogen and oxygen atoms in total. The molecule has 0 heterocycles.